The molecule has 1 aromatic heterocycles. The molecule has 0 bridgehead atoms. The molecule has 0 aliphatic carbocycles. The predicted octanol–water partition coefficient (Wildman–Crippen LogP) is 2.03. The number of hydrogen-bond donors (Lipinski definition) is 1. The fraction of sp³-hybridized carbons (Fsp3) is 0.318. The molecule has 3 amide bonds. The van der Waals surface area contributed by atoms with Gasteiger partial charge in [0.05, 0.1) is 53.9 Å². The smallest absolute Gasteiger partial charge is 0.264 e. The van der Waals surface area contributed by atoms with E-state index in [0.29, 0.717) is 12.4 Å². The van der Waals surface area contributed by atoms with Crippen molar-refractivity contribution in [2.24, 2.45) is 0 Å². The lowest BCUT2D eigenvalue weighted by molar-refractivity contribution is -0.114. The number of methoxy groups -OCH3 is 1. The van der Waals surface area contributed by atoms with Crippen LogP contribution in [0.25, 0.3) is 0 Å². The van der Waals surface area contributed by atoms with Gasteiger partial charge in [-0.25, -0.2) is 4.98 Å². The highest BCUT2D eigenvalue weighted by Crippen LogP contribution is 2.37. The van der Waals surface area contributed by atoms with Crippen molar-refractivity contribution in [2.45, 2.75) is 19.9 Å². The average Bonchev–Trinajstić information content (AvgIpc) is 3.01. The van der Waals surface area contributed by atoms with Gasteiger partial charge in [0.15, 0.2) is 5.75 Å². The van der Waals surface area contributed by atoms with Gasteiger partial charge in [-0.15, -0.1) is 0 Å². The standard InChI is InChI=1S/C22H22N4O6S/c1-5-32-20-18(31-3)7-6-15(25-20)17(11-33(4)30)26-21(28)14-8-13(10-23)9-16(24-12(2)27)19(14)22(26)29/h6-9,17H,5,11H2,1-4H3,(H,24,27). The molecule has 1 N–H and O–H groups in total. The second-order valence-electron chi connectivity index (χ2n) is 7.15. The summed E-state index contributed by atoms with van der Waals surface area (Å²) in [5, 5.41) is 11.8. The van der Waals surface area contributed by atoms with E-state index in [2.05, 4.69) is 10.3 Å². The van der Waals surface area contributed by atoms with Crippen LogP contribution in [0.5, 0.6) is 11.6 Å². The minimum Gasteiger partial charge on any atom is -0.491 e. The number of nitrogens with one attached hydrogen (secondary N) is 1. The molecule has 1 aliphatic heterocycles. The summed E-state index contributed by atoms with van der Waals surface area (Å²) in [4.78, 5) is 43.8. The Balaban J connectivity index is 2.15. The van der Waals surface area contributed by atoms with Crippen LogP contribution < -0.4 is 14.8 Å². The Kier molecular flexibility index (Phi) is 7.08. The first-order valence-corrected chi connectivity index (χ1v) is 11.7. The van der Waals surface area contributed by atoms with Crippen molar-refractivity contribution >= 4 is 34.2 Å². The third kappa shape index (κ3) is 4.70. The average molecular weight is 471 g/mol. The van der Waals surface area contributed by atoms with Gasteiger partial charge in [-0.1, -0.05) is 0 Å². The summed E-state index contributed by atoms with van der Waals surface area (Å²) in [6.45, 7) is 3.33. The lowest BCUT2D eigenvalue weighted by atomic mass is 10.0. The molecule has 0 spiro atoms. The number of carbonyl (C=O) groups excluding carboxylic acids is 3. The van der Waals surface area contributed by atoms with E-state index in [9.17, 15) is 23.9 Å². The molecule has 1 aromatic carbocycles. The quantitative estimate of drug-likeness (QED) is 0.578. The number of fused-ring (bicyclic) bond motifs is 1. The van der Waals surface area contributed by atoms with Crippen molar-refractivity contribution in [3.05, 3.63) is 46.6 Å². The van der Waals surface area contributed by atoms with E-state index in [0.717, 1.165) is 4.90 Å². The van der Waals surface area contributed by atoms with Gasteiger partial charge in [-0.3, -0.25) is 23.5 Å². The third-order valence-corrected chi connectivity index (χ3v) is 5.64. The van der Waals surface area contributed by atoms with E-state index in [4.69, 9.17) is 9.47 Å². The zero-order valence-corrected chi connectivity index (χ0v) is 19.3. The second-order valence-corrected chi connectivity index (χ2v) is 8.63. The molecule has 2 atom stereocenters. The van der Waals surface area contributed by atoms with E-state index in [-0.39, 0.29) is 39.7 Å². The van der Waals surface area contributed by atoms with Crippen LogP contribution in [0.4, 0.5) is 5.69 Å². The van der Waals surface area contributed by atoms with Gasteiger partial charge in [-0.2, -0.15) is 5.26 Å². The van der Waals surface area contributed by atoms with E-state index < -0.39 is 34.6 Å². The Morgan fingerprint density at radius 2 is 2.03 bits per heavy atom. The number of anilines is 1. The first kappa shape index (κ1) is 23.9. The summed E-state index contributed by atoms with van der Waals surface area (Å²) in [5.74, 6) is -1.36. The van der Waals surface area contributed by atoms with Crippen LogP contribution >= 0.6 is 0 Å². The van der Waals surface area contributed by atoms with Gasteiger partial charge >= 0.3 is 0 Å². The van der Waals surface area contributed by atoms with Crippen molar-refractivity contribution in [3.8, 4) is 17.7 Å². The molecule has 0 fully saturated rings. The molecule has 3 rings (SSSR count). The normalized spacial score (nSPS) is 14.3. The molecular formula is C22H22N4O6S. The molecule has 11 heteroatoms. The monoisotopic (exact) mass is 470 g/mol. The highest BCUT2D eigenvalue weighted by atomic mass is 32.2. The van der Waals surface area contributed by atoms with Crippen LogP contribution in [0.3, 0.4) is 0 Å². The van der Waals surface area contributed by atoms with Gasteiger partial charge in [-0.05, 0) is 31.2 Å². The molecular weight excluding hydrogens is 448 g/mol. The number of ether oxygens (including phenoxy) is 2. The maximum Gasteiger partial charge on any atom is 0.264 e. The molecule has 2 heterocycles. The largest absolute Gasteiger partial charge is 0.491 e. The molecule has 0 saturated heterocycles. The van der Waals surface area contributed by atoms with Crippen molar-refractivity contribution in [3.63, 3.8) is 0 Å². The molecule has 2 aromatic rings. The minimum absolute atomic E-state index is 0.0202. The first-order chi connectivity index (χ1) is 15.7. The van der Waals surface area contributed by atoms with Gasteiger partial charge < -0.3 is 14.8 Å². The molecule has 0 saturated carbocycles. The predicted molar refractivity (Wildman–Crippen MR) is 120 cm³/mol. The molecule has 0 radical (unpaired) electrons. The summed E-state index contributed by atoms with van der Waals surface area (Å²) in [5.41, 5.74) is 0.405. The zero-order chi connectivity index (χ0) is 24.3. The number of pyridine rings is 1. The maximum absolute atomic E-state index is 13.4. The zero-order valence-electron chi connectivity index (χ0n) is 18.5. The van der Waals surface area contributed by atoms with E-state index in [1.807, 2.05) is 6.07 Å². The van der Waals surface area contributed by atoms with Gasteiger partial charge in [0, 0.05) is 29.7 Å². The molecule has 10 nitrogen and oxygen atoms in total. The molecule has 172 valence electrons. The van der Waals surface area contributed by atoms with Crippen LogP contribution in [0.15, 0.2) is 24.3 Å². The fourth-order valence-corrected chi connectivity index (χ4v) is 4.32. The Labute approximate surface area is 193 Å². The number of imide groups is 1. The van der Waals surface area contributed by atoms with Crippen LogP contribution in [0, 0.1) is 11.3 Å². The Morgan fingerprint density at radius 1 is 1.30 bits per heavy atom. The van der Waals surface area contributed by atoms with Gasteiger partial charge in [0.1, 0.15) is 0 Å². The van der Waals surface area contributed by atoms with Crippen LogP contribution in [-0.4, -0.2) is 57.5 Å². The topological polar surface area (TPSA) is 139 Å². The van der Waals surface area contributed by atoms with E-state index >= 15 is 0 Å². The Hall–Kier alpha value is -3.78. The molecule has 2 unspecified atom stereocenters. The second kappa shape index (κ2) is 9.79. The summed E-state index contributed by atoms with van der Waals surface area (Å²) in [6.07, 6.45) is 1.45. The minimum atomic E-state index is -1.41. The highest BCUT2D eigenvalue weighted by Gasteiger charge is 2.43. The number of amides is 3. The van der Waals surface area contributed by atoms with E-state index in [1.54, 1.807) is 19.1 Å². The third-order valence-electron chi connectivity index (χ3n) is 4.85. The van der Waals surface area contributed by atoms with Crippen molar-refractivity contribution in [1.29, 1.82) is 5.26 Å². The number of nitrogens with zero attached hydrogens (tertiary/aromatic N) is 3. The number of rotatable bonds is 8. The maximum atomic E-state index is 13.4. The first-order valence-electron chi connectivity index (χ1n) is 9.93. The summed E-state index contributed by atoms with van der Waals surface area (Å²) < 4.78 is 23.0. The lowest BCUT2D eigenvalue weighted by Gasteiger charge is -2.25. The molecule has 1 aliphatic rings. The van der Waals surface area contributed by atoms with Crippen LogP contribution in [0.1, 0.15) is 51.9 Å². The number of benzene rings is 1. The fourth-order valence-electron chi connectivity index (χ4n) is 3.56. The van der Waals surface area contributed by atoms with Crippen LogP contribution in [0.2, 0.25) is 0 Å². The summed E-state index contributed by atoms with van der Waals surface area (Å²) in [6, 6.07) is 6.73. The number of hydrogen-bond acceptors (Lipinski definition) is 8. The van der Waals surface area contributed by atoms with E-state index in [1.165, 1.54) is 32.4 Å². The van der Waals surface area contributed by atoms with Crippen molar-refractivity contribution < 1.29 is 28.1 Å². The lowest BCUT2D eigenvalue weighted by Crippen LogP contribution is -2.37. The molecule has 33 heavy (non-hydrogen) atoms. The number of nitriles is 1. The van der Waals surface area contributed by atoms with Crippen molar-refractivity contribution in [1.82, 2.24) is 9.88 Å². The Morgan fingerprint density at radius 3 is 2.61 bits per heavy atom. The van der Waals surface area contributed by atoms with Crippen LogP contribution in [-0.2, 0) is 15.6 Å². The van der Waals surface area contributed by atoms with Gasteiger partial charge in [0.2, 0.25) is 5.91 Å². The number of aromatic nitrogens is 1. The summed E-state index contributed by atoms with van der Waals surface area (Å²) >= 11 is 0. The SMILES string of the molecule is CCOc1nc(C(CS(C)=O)N2C(=O)c3cc(C#N)cc(NC(C)=O)c3C2=O)ccc1OC. The van der Waals surface area contributed by atoms with Crippen molar-refractivity contribution in [2.75, 3.05) is 31.0 Å². The summed E-state index contributed by atoms with van der Waals surface area (Å²) in [7, 11) is 0.0511. The highest BCUT2D eigenvalue weighted by molar-refractivity contribution is 7.84. The Bertz CT molecular complexity index is 1210. The van der Waals surface area contributed by atoms with Gasteiger partial charge in [0.25, 0.3) is 17.7 Å². The number of carbonyl (C=O) groups is 3.